The molecule has 2 amide bonds. The van der Waals surface area contributed by atoms with Crippen molar-refractivity contribution in [2.45, 2.75) is 19.9 Å². The maximum absolute atomic E-state index is 13.2. The van der Waals surface area contributed by atoms with Gasteiger partial charge in [0, 0.05) is 24.2 Å². The van der Waals surface area contributed by atoms with Gasteiger partial charge in [0.2, 0.25) is 5.91 Å². The molecule has 31 heavy (non-hydrogen) atoms. The summed E-state index contributed by atoms with van der Waals surface area (Å²) >= 11 is 0. The van der Waals surface area contributed by atoms with Gasteiger partial charge in [0.05, 0.1) is 0 Å². The average molecular weight is 418 g/mol. The molecule has 6 nitrogen and oxygen atoms in total. The molecular formula is C25H27N3O3. The van der Waals surface area contributed by atoms with Crippen molar-refractivity contribution in [3.8, 4) is 0 Å². The van der Waals surface area contributed by atoms with Crippen LogP contribution >= 0.6 is 0 Å². The fourth-order valence-electron chi connectivity index (χ4n) is 3.35. The van der Waals surface area contributed by atoms with Crippen molar-refractivity contribution < 1.29 is 14.3 Å². The molecule has 1 atom stereocenters. The van der Waals surface area contributed by atoms with Crippen LogP contribution < -0.4 is 16.0 Å². The lowest BCUT2D eigenvalue weighted by Gasteiger charge is -2.20. The smallest absolute Gasteiger partial charge is 0.251 e. The zero-order valence-corrected chi connectivity index (χ0v) is 17.9. The van der Waals surface area contributed by atoms with Gasteiger partial charge in [-0.3, -0.25) is 9.59 Å². The summed E-state index contributed by atoms with van der Waals surface area (Å²) in [5.41, 5.74) is 5.21. The molecule has 3 N–H and O–H groups in total. The summed E-state index contributed by atoms with van der Waals surface area (Å²) in [7, 11) is 1.47. The number of aryl methyl sites for hydroxylation is 2. The van der Waals surface area contributed by atoms with Crippen LogP contribution in [-0.4, -0.2) is 25.5 Å². The Morgan fingerprint density at radius 2 is 1.42 bits per heavy atom. The third kappa shape index (κ3) is 6.42. The number of methoxy groups -OCH3 is 1. The Morgan fingerprint density at radius 1 is 0.806 bits per heavy atom. The van der Waals surface area contributed by atoms with Crippen molar-refractivity contribution in [1.82, 2.24) is 0 Å². The molecule has 0 fully saturated rings. The maximum Gasteiger partial charge on any atom is 0.251 e. The van der Waals surface area contributed by atoms with Crippen LogP contribution in [0.25, 0.3) is 0 Å². The third-order valence-corrected chi connectivity index (χ3v) is 4.64. The molecule has 160 valence electrons. The molecule has 0 radical (unpaired) electrons. The van der Waals surface area contributed by atoms with Crippen molar-refractivity contribution in [1.29, 1.82) is 0 Å². The molecule has 0 aromatic heterocycles. The van der Waals surface area contributed by atoms with Crippen LogP contribution in [0.2, 0.25) is 0 Å². The van der Waals surface area contributed by atoms with E-state index in [0.717, 1.165) is 28.1 Å². The number of amides is 2. The summed E-state index contributed by atoms with van der Waals surface area (Å²) in [6.45, 7) is 4.00. The molecule has 3 rings (SSSR count). The van der Waals surface area contributed by atoms with Gasteiger partial charge in [-0.15, -0.1) is 0 Å². The Balaban J connectivity index is 1.78. The summed E-state index contributed by atoms with van der Waals surface area (Å²) in [4.78, 5) is 24.8. The molecule has 0 aliphatic heterocycles. The van der Waals surface area contributed by atoms with E-state index in [9.17, 15) is 9.59 Å². The Bertz CT molecular complexity index is 1010. The predicted molar refractivity (Wildman–Crippen MR) is 124 cm³/mol. The number of benzene rings is 3. The van der Waals surface area contributed by atoms with E-state index in [1.807, 2.05) is 68.4 Å². The number of carbonyl (C=O) groups is 2. The van der Waals surface area contributed by atoms with Gasteiger partial charge in [-0.25, -0.2) is 0 Å². The minimum absolute atomic E-state index is 0.00527. The van der Waals surface area contributed by atoms with Crippen LogP contribution in [0.4, 0.5) is 17.1 Å². The molecular weight excluding hydrogens is 390 g/mol. The monoisotopic (exact) mass is 417 g/mol. The fraction of sp³-hybridized carbons (Fsp3) is 0.200. The first-order valence-corrected chi connectivity index (χ1v) is 10.0. The fourth-order valence-corrected chi connectivity index (χ4v) is 3.35. The normalized spacial score (nSPS) is 11.5. The number of ether oxygens (including phenoxy) is 1. The van der Waals surface area contributed by atoms with Crippen molar-refractivity contribution >= 4 is 28.9 Å². The first-order chi connectivity index (χ1) is 14.9. The van der Waals surface area contributed by atoms with Gasteiger partial charge in [0.15, 0.2) is 0 Å². The lowest BCUT2D eigenvalue weighted by Crippen LogP contribution is -2.27. The largest absolute Gasteiger partial charge is 0.375 e. The summed E-state index contributed by atoms with van der Waals surface area (Å²) in [5, 5.41) is 9.07. The highest BCUT2D eigenvalue weighted by atomic mass is 16.5. The number of carbonyl (C=O) groups excluding carboxylic acids is 2. The molecule has 0 saturated heterocycles. The first kappa shape index (κ1) is 22.1. The summed E-state index contributed by atoms with van der Waals surface area (Å²) in [6, 6.07) is 22.1. The molecule has 0 heterocycles. The van der Waals surface area contributed by atoms with Crippen molar-refractivity contribution in [3.63, 3.8) is 0 Å². The average Bonchev–Trinajstić information content (AvgIpc) is 2.73. The van der Waals surface area contributed by atoms with Gasteiger partial charge < -0.3 is 20.7 Å². The topological polar surface area (TPSA) is 79.5 Å². The number of nitrogens with one attached hydrogen (secondary N) is 3. The number of hydrogen-bond acceptors (Lipinski definition) is 4. The summed E-state index contributed by atoms with van der Waals surface area (Å²) < 4.78 is 4.82. The van der Waals surface area contributed by atoms with E-state index >= 15 is 0 Å². The molecule has 0 bridgehead atoms. The molecule has 3 aromatic carbocycles. The lowest BCUT2D eigenvalue weighted by atomic mass is 10.0. The van der Waals surface area contributed by atoms with Crippen LogP contribution in [0.1, 0.15) is 22.7 Å². The Labute approximate surface area is 182 Å². The minimum atomic E-state index is -0.587. The molecule has 0 saturated carbocycles. The Morgan fingerprint density at radius 3 is 2.03 bits per heavy atom. The lowest BCUT2D eigenvalue weighted by molar-refractivity contribution is -0.119. The van der Waals surface area contributed by atoms with Gasteiger partial charge in [-0.1, -0.05) is 36.4 Å². The van der Waals surface area contributed by atoms with Gasteiger partial charge in [0.25, 0.3) is 5.91 Å². The SMILES string of the molecule is COCC(=O)Nc1ccc(NC(C(=O)Nc2cc(C)cc(C)c2)c2ccccc2)cc1. The van der Waals surface area contributed by atoms with Crippen LogP contribution in [0, 0.1) is 13.8 Å². The van der Waals surface area contributed by atoms with Crippen molar-refractivity contribution in [2.24, 2.45) is 0 Å². The van der Waals surface area contributed by atoms with Crippen LogP contribution in [0.5, 0.6) is 0 Å². The van der Waals surface area contributed by atoms with E-state index in [2.05, 4.69) is 22.0 Å². The minimum Gasteiger partial charge on any atom is -0.375 e. The van der Waals surface area contributed by atoms with E-state index in [1.54, 1.807) is 12.1 Å². The first-order valence-electron chi connectivity index (χ1n) is 10.0. The summed E-state index contributed by atoms with van der Waals surface area (Å²) in [5.74, 6) is -0.383. The van der Waals surface area contributed by atoms with Gasteiger partial charge >= 0.3 is 0 Å². The zero-order chi connectivity index (χ0) is 22.2. The Hall–Kier alpha value is -3.64. The number of rotatable bonds is 8. The maximum atomic E-state index is 13.2. The third-order valence-electron chi connectivity index (χ3n) is 4.64. The van der Waals surface area contributed by atoms with Crippen molar-refractivity contribution in [3.05, 3.63) is 89.5 Å². The van der Waals surface area contributed by atoms with E-state index < -0.39 is 6.04 Å². The number of hydrogen-bond donors (Lipinski definition) is 3. The molecule has 1 unspecified atom stereocenters. The quantitative estimate of drug-likeness (QED) is 0.497. The van der Waals surface area contributed by atoms with E-state index in [4.69, 9.17) is 4.74 Å². The number of anilines is 3. The van der Waals surface area contributed by atoms with Gasteiger partial charge in [0.1, 0.15) is 12.6 Å². The van der Waals surface area contributed by atoms with Crippen LogP contribution in [0.3, 0.4) is 0 Å². The molecule has 0 spiro atoms. The highest BCUT2D eigenvalue weighted by Gasteiger charge is 2.21. The molecule has 0 aliphatic carbocycles. The predicted octanol–water partition coefficient (Wildman–Crippen LogP) is 4.68. The van der Waals surface area contributed by atoms with E-state index in [-0.39, 0.29) is 18.4 Å². The van der Waals surface area contributed by atoms with E-state index in [0.29, 0.717) is 5.69 Å². The van der Waals surface area contributed by atoms with E-state index in [1.165, 1.54) is 7.11 Å². The second-order valence-corrected chi connectivity index (χ2v) is 7.41. The molecule has 3 aromatic rings. The van der Waals surface area contributed by atoms with Gasteiger partial charge in [-0.05, 0) is 66.9 Å². The highest BCUT2D eigenvalue weighted by Crippen LogP contribution is 2.24. The Kier molecular flexibility index (Phi) is 7.40. The van der Waals surface area contributed by atoms with Crippen molar-refractivity contribution in [2.75, 3.05) is 29.7 Å². The summed E-state index contributed by atoms with van der Waals surface area (Å²) in [6.07, 6.45) is 0. The highest BCUT2D eigenvalue weighted by molar-refractivity contribution is 5.97. The molecule has 6 heteroatoms. The zero-order valence-electron chi connectivity index (χ0n) is 17.9. The van der Waals surface area contributed by atoms with Gasteiger partial charge in [-0.2, -0.15) is 0 Å². The van der Waals surface area contributed by atoms with Crippen LogP contribution in [0.15, 0.2) is 72.8 Å². The standard InChI is InChI=1S/C25H27N3O3/c1-17-13-18(2)15-22(14-17)28-25(30)24(19-7-5-4-6-8-19)27-21-11-9-20(10-12-21)26-23(29)16-31-3/h4-15,24,27H,16H2,1-3H3,(H,26,29)(H,28,30). The second-order valence-electron chi connectivity index (χ2n) is 7.41. The van der Waals surface area contributed by atoms with Crippen LogP contribution in [-0.2, 0) is 14.3 Å². The second kappa shape index (κ2) is 10.4. The molecule has 0 aliphatic rings.